The van der Waals surface area contributed by atoms with Crippen molar-refractivity contribution in [1.29, 1.82) is 0 Å². The molecule has 0 aromatic rings. The number of rotatable bonds is 2. The minimum absolute atomic E-state index is 0.112. The van der Waals surface area contributed by atoms with Gasteiger partial charge in [-0.2, -0.15) is 0 Å². The number of hydrogen-bond acceptors (Lipinski definition) is 4. The molecule has 1 heterocycles. The van der Waals surface area contributed by atoms with E-state index in [9.17, 15) is 5.11 Å². The summed E-state index contributed by atoms with van der Waals surface area (Å²) in [5, 5.41) is 18.4. The summed E-state index contributed by atoms with van der Waals surface area (Å²) < 4.78 is 10.2. The Kier molecular flexibility index (Phi) is 3.46. The molecule has 12 heavy (non-hydrogen) atoms. The molecule has 1 unspecified atom stereocenters. The fourth-order valence-electron chi connectivity index (χ4n) is 1.44. The average molecular weight is 176 g/mol. The van der Waals surface area contributed by atoms with Gasteiger partial charge in [-0.25, -0.2) is 0 Å². The lowest BCUT2D eigenvalue weighted by Gasteiger charge is -2.36. The van der Waals surface area contributed by atoms with E-state index in [1.165, 1.54) is 0 Å². The second-order valence-electron chi connectivity index (χ2n) is 3.23. The third-order valence-corrected chi connectivity index (χ3v) is 2.30. The molecule has 4 atom stereocenters. The molecule has 1 rings (SSSR count). The highest BCUT2D eigenvalue weighted by Crippen LogP contribution is 2.25. The van der Waals surface area contributed by atoms with Gasteiger partial charge in [0, 0.05) is 13.5 Å². The van der Waals surface area contributed by atoms with Crippen molar-refractivity contribution >= 4 is 0 Å². The van der Waals surface area contributed by atoms with Crippen LogP contribution in [0.15, 0.2) is 0 Å². The van der Waals surface area contributed by atoms with Crippen LogP contribution < -0.4 is 0 Å². The molecule has 1 saturated heterocycles. The quantitative estimate of drug-likeness (QED) is 0.608. The normalized spacial score (nSPS) is 43.0. The summed E-state index contributed by atoms with van der Waals surface area (Å²) in [5.74, 6) is 0.112. The molecule has 0 aromatic carbocycles. The van der Waals surface area contributed by atoms with Crippen molar-refractivity contribution in [2.24, 2.45) is 5.92 Å². The van der Waals surface area contributed by atoms with Crippen molar-refractivity contribution in [2.45, 2.75) is 31.8 Å². The largest absolute Gasteiger partial charge is 0.394 e. The first-order chi connectivity index (χ1) is 5.69. The fourth-order valence-corrected chi connectivity index (χ4v) is 1.44. The van der Waals surface area contributed by atoms with Crippen LogP contribution in [0.2, 0.25) is 0 Å². The van der Waals surface area contributed by atoms with E-state index in [1.807, 2.05) is 6.92 Å². The zero-order valence-corrected chi connectivity index (χ0v) is 7.43. The maximum atomic E-state index is 9.51. The number of ether oxygens (including phenoxy) is 2. The highest BCUT2D eigenvalue weighted by atomic mass is 16.7. The molecule has 0 bridgehead atoms. The van der Waals surface area contributed by atoms with E-state index in [1.54, 1.807) is 7.11 Å². The fraction of sp³-hybridized carbons (Fsp3) is 1.00. The molecule has 1 aliphatic heterocycles. The first-order valence-corrected chi connectivity index (χ1v) is 4.16. The molecule has 1 aliphatic rings. The third-order valence-electron chi connectivity index (χ3n) is 2.30. The van der Waals surface area contributed by atoms with E-state index in [2.05, 4.69) is 0 Å². The Morgan fingerprint density at radius 2 is 2.25 bits per heavy atom. The van der Waals surface area contributed by atoms with E-state index in [0.29, 0.717) is 6.42 Å². The number of aliphatic hydroxyl groups excluding tert-OH is 2. The van der Waals surface area contributed by atoms with Crippen molar-refractivity contribution < 1.29 is 19.7 Å². The number of methoxy groups -OCH3 is 1. The number of aliphatic hydroxyl groups is 2. The summed E-state index contributed by atoms with van der Waals surface area (Å²) in [5.41, 5.74) is 0. The van der Waals surface area contributed by atoms with Gasteiger partial charge in [-0.1, -0.05) is 6.92 Å². The topological polar surface area (TPSA) is 58.9 Å². The first-order valence-electron chi connectivity index (χ1n) is 4.16. The lowest BCUT2D eigenvalue weighted by Crippen LogP contribution is -2.46. The molecule has 72 valence electrons. The van der Waals surface area contributed by atoms with Crippen molar-refractivity contribution in [3.63, 3.8) is 0 Å². The van der Waals surface area contributed by atoms with Crippen LogP contribution in [0, 0.1) is 5.92 Å². The molecule has 0 radical (unpaired) electrons. The molecule has 0 saturated carbocycles. The van der Waals surface area contributed by atoms with E-state index in [0.717, 1.165) is 0 Å². The van der Waals surface area contributed by atoms with Gasteiger partial charge in [0.1, 0.15) is 6.10 Å². The van der Waals surface area contributed by atoms with E-state index in [4.69, 9.17) is 14.6 Å². The van der Waals surface area contributed by atoms with Crippen LogP contribution in [0.4, 0.5) is 0 Å². The van der Waals surface area contributed by atoms with Gasteiger partial charge in [0.05, 0.1) is 12.7 Å². The lowest BCUT2D eigenvalue weighted by atomic mass is 9.93. The van der Waals surface area contributed by atoms with Gasteiger partial charge in [0.25, 0.3) is 0 Å². The molecule has 4 nitrogen and oxygen atoms in total. The summed E-state index contributed by atoms with van der Waals surface area (Å²) in [6.07, 6.45) is -0.700. The van der Waals surface area contributed by atoms with Crippen molar-refractivity contribution in [3.8, 4) is 0 Å². The Morgan fingerprint density at radius 1 is 1.58 bits per heavy atom. The molecule has 1 fully saturated rings. The molecule has 0 amide bonds. The Bertz CT molecular complexity index is 139. The van der Waals surface area contributed by atoms with Crippen LogP contribution in [-0.2, 0) is 9.47 Å². The smallest absolute Gasteiger partial charge is 0.158 e. The zero-order chi connectivity index (χ0) is 9.14. The highest BCUT2D eigenvalue weighted by molar-refractivity contribution is 4.79. The Morgan fingerprint density at radius 3 is 2.75 bits per heavy atom. The maximum Gasteiger partial charge on any atom is 0.158 e. The average Bonchev–Trinajstić information content (AvgIpc) is 2.09. The van der Waals surface area contributed by atoms with Crippen LogP contribution in [-0.4, -0.2) is 42.4 Å². The molecule has 0 aromatic heterocycles. The van der Waals surface area contributed by atoms with Gasteiger partial charge >= 0.3 is 0 Å². The number of hydrogen-bond donors (Lipinski definition) is 2. The highest BCUT2D eigenvalue weighted by Gasteiger charge is 2.34. The van der Waals surface area contributed by atoms with Crippen molar-refractivity contribution in [2.75, 3.05) is 13.7 Å². The van der Waals surface area contributed by atoms with Gasteiger partial charge in [-0.3, -0.25) is 0 Å². The summed E-state index contributed by atoms with van der Waals surface area (Å²) in [4.78, 5) is 0. The van der Waals surface area contributed by atoms with Crippen molar-refractivity contribution in [1.82, 2.24) is 0 Å². The van der Waals surface area contributed by atoms with Gasteiger partial charge in [-0.05, 0) is 5.92 Å². The van der Waals surface area contributed by atoms with Crippen LogP contribution in [0.1, 0.15) is 13.3 Å². The molecule has 0 spiro atoms. The maximum absolute atomic E-state index is 9.51. The van der Waals surface area contributed by atoms with Gasteiger partial charge in [-0.15, -0.1) is 0 Å². The summed E-state index contributed by atoms with van der Waals surface area (Å²) in [6, 6.07) is 0. The van der Waals surface area contributed by atoms with Crippen molar-refractivity contribution in [3.05, 3.63) is 0 Å². The van der Waals surface area contributed by atoms with E-state index >= 15 is 0 Å². The Labute approximate surface area is 72.1 Å². The summed E-state index contributed by atoms with van der Waals surface area (Å²) in [7, 11) is 1.56. The minimum Gasteiger partial charge on any atom is -0.394 e. The summed E-state index contributed by atoms with van der Waals surface area (Å²) >= 11 is 0. The predicted molar refractivity (Wildman–Crippen MR) is 42.5 cm³/mol. The van der Waals surface area contributed by atoms with Crippen LogP contribution in [0.5, 0.6) is 0 Å². The molecular formula is C8H16O4. The summed E-state index contributed by atoms with van der Waals surface area (Å²) in [6.45, 7) is 1.76. The van der Waals surface area contributed by atoms with Gasteiger partial charge in [0.2, 0.25) is 0 Å². The van der Waals surface area contributed by atoms with Crippen LogP contribution in [0.25, 0.3) is 0 Å². The van der Waals surface area contributed by atoms with Gasteiger partial charge in [0.15, 0.2) is 6.29 Å². The van der Waals surface area contributed by atoms with Gasteiger partial charge < -0.3 is 19.7 Å². The molecule has 4 heteroatoms. The minimum atomic E-state index is -0.582. The first kappa shape index (κ1) is 9.92. The zero-order valence-electron chi connectivity index (χ0n) is 7.43. The van der Waals surface area contributed by atoms with Crippen LogP contribution >= 0.6 is 0 Å². The Hall–Kier alpha value is -0.160. The molecular weight excluding hydrogens is 160 g/mol. The van der Waals surface area contributed by atoms with E-state index in [-0.39, 0.29) is 18.8 Å². The lowest BCUT2D eigenvalue weighted by molar-refractivity contribution is -0.234. The predicted octanol–water partition coefficient (Wildman–Crippen LogP) is -0.263. The molecule has 2 N–H and O–H groups in total. The van der Waals surface area contributed by atoms with E-state index < -0.39 is 12.2 Å². The molecule has 0 aliphatic carbocycles. The standard InChI is InChI=1S/C8H16O4/c1-5-3-7(11-2)12-6(4-9)8(5)10/h5-10H,3-4H2,1-2H3/t5?,6-,7-,8-/m1/s1. The van der Waals surface area contributed by atoms with Crippen LogP contribution in [0.3, 0.4) is 0 Å². The Balaban J connectivity index is 2.52. The monoisotopic (exact) mass is 176 g/mol. The SMILES string of the molecule is CO[C@H]1CC(C)[C@@H](O)[C@@H](CO)O1. The second-order valence-corrected chi connectivity index (χ2v) is 3.23. The second kappa shape index (κ2) is 4.18. The third kappa shape index (κ3) is 1.95.